The predicted molar refractivity (Wildman–Crippen MR) is 71.9 cm³/mol. The third kappa shape index (κ3) is 7.03. The van der Waals surface area contributed by atoms with Crippen LogP contribution in [0.5, 0.6) is 0 Å². The smallest absolute Gasteiger partial charge is 0.163 e. The Morgan fingerprint density at radius 1 is 1.42 bits per heavy atom. The molecule has 0 aliphatic carbocycles. The predicted octanol–water partition coefficient (Wildman–Crippen LogP) is 2.11. The quantitative estimate of drug-likeness (QED) is 0.347. The molecule has 5 nitrogen and oxygen atoms in total. The van der Waals surface area contributed by atoms with Crippen LogP contribution in [0.25, 0.3) is 0 Å². The van der Waals surface area contributed by atoms with Crippen LogP contribution in [0.1, 0.15) is 26.7 Å². The molecule has 1 fully saturated rings. The lowest BCUT2D eigenvalue weighted by Crippen LogP contribution is -2.26. The highest BCUT2D eigenvalue weighted by atomic mass is 16.7. The van der Waals surface area contributed by atoms with Crippen molar-refractivity contribution in [1.29, 1.82) is 0 Å². The molecular formula is C14H26O5. The first-order valence-corrected chi connectivity index (χ1v) is 6.68. The lowest BCUT2D eigenvalue weighted by atomic mass is 10.1. The van der Waals surface area contributed by atoms with Crippen LogP contribution in [0.3, 0.4) is 0 Å². The molecule has 112 valence electrons. The Morgan fingerprint density at radius 3 is 2.79 bits per heavy atom. The van der Waals surface area contributed by atoms with Crippen LogP contribution in [0.4, 0.5) is 0 Å². The van der Waals surface area contributed by atoms with E-state index in [9.17, 15) is 0 Å². The summed E-state index contributed by atoms with van der Waals surface area (Å²) in [6.07, 6.45) is 3.51. The highest BCUT2D eigenvalue weighted by Crippen LogP contribution is 2.26. The van der Waals surface area contributed by atoms with Gasteiger partial charge in [0.25, 0.3) is 0 Å². The summed E-state index contributed by atoms with van der Waals surface area (Å²) >= 11 is 0. The van der Waals surface area contributed by atoms with Gasteiger partial charge in [-0.3, -0.25) is 0 Å². The van der Waals surface area contributed by atoms with Crippen molar-refractivity contribution in [3.05, 3.63) is 12.7 Å². The fourth-order valence-corrected chi connectivity index (χ4v) is 1.94. The second-order valence-electron chi connectivity index (χ2n) is 5.02. The molecular weight excluding hydrogens is 248 g/mol. The van der Waals surface area contributed by atoms with E-state index in [1.165, 1.54) is 0 Å². The molecule has 1 aliphatic rings. The molecule has 0 bridgehead atoms. The maximum Gasteiger partial charge on any atom is 0.163 e. The molecule has 1 aliphatic heterocycles. The van der Waals surface area contributed by atoms with Gasteiger partial charge in [-0.1, -0.05) is 6.08 Å². The summed E-state index contributed by atoms with van der Waals surface area (Å²) in [4.78, 5) is 0. The SMILES string of the molecule is C=CC[C@H](C[C@H]1COC(C)(C)O1)OCOCCOC. The Kier molecular flexibility index (Phi) is 7.56. The topological polar surface area (TPSA) is 46.2 Å². The molecule has 1 saturated heterocycles. The first-order chi connectivity index (χ1) is 9.07. The van der Waals surface area contributed by atoms with Gasteiger partial charge in [0.2, 0.25) is 0 Å². The van der Waals surface area contributed by atoms with Gasteiger partial charge in [-0.05, 0) is 20.3 Å². The van der Waals surface area contributed by atoms with Crippen molar-refractivity contribution in [1.82, 2.24) is 0 Å². The number of hydrogen-bond donors (Lipinski definition) is 0. The molecule has 2 atom stereocenters. The van der Waals surface area contributed by atoms with Crippen molar-refractivity contribution < 1.29 is 23.7 Å². The van der Waals surface area contributed by atoms with Gasteiger partial charge in [0.1, 0.15) is 6.79 Å². The van der Waals surface area contributed by atoms with Gasteiger partial charge in [0.15, 0.2) is 5.79 Å². The molecule has 5 heteroatoms. The van der Waals surface area contributed by atoms with Crippen LogP contribution < -0.4 is 0 Å². The van der Waals surface area contributed by atoms with E-state index in [4.69, 9.17) is 23.7 Å². The Morgan fingerprint density at radius 2 is 2.21 bits per heavy atom. The fraction of sp³-hybridized carbons (Fsp3) is 0.857. The first-order valence-electron chi connectivity index (χ1n) is 6.68. The van der Waals surface area contributed by atoms with Crippen LogP contribution >= 0.6 is 0 Å². The zero-order chi connectivity index (χ0) is 14.1. The van der Waals surface area contributed by atoms with Crippen LogP contribution in [-0.4, -0.2) is 51.7 Å². The van der Waals surface area contributed by atoms with E-state index < -0.39 is 5.79 Å². The number of hydrogen-bond acceptors (Lipinski definition) is 5. The summed E-state index contributed by atoms with van der Waals surface area (Å²) in [5.41, 5.74) is 0. The molecule has 0 saturated carbocycles. The lowest BCUT2D eigenvalue weighted by Gasteiger charge is -2.21. The summed E-state index contributed by atoms with van der Waals surface area (Å²) < 4.78 is 27.2. The monoisotopic (exact) mass is 274 g/mol. The van der Waals surface area contributed by atoms with E-state index in [0.717, 1.165) is 12.8 Å². The van der Waals surface area contributed by atoms with Crippen LogP contribution in [-0.2, 0) is 23.7 Å². The molecule has 19 heavy (non-hydrogen) atoms. The summed E-state index contributed by atoms with van der Waals surface area (Å²) in [6, 6.07) is 0. The second kappa shape index (κ2) is 8.66. The van der Waals surface area contributed by atoms with E-state index in [0.29, 0.717) is 19.8 Å². The average Bonchev–Trinajstić information content (AvgIpc) is 2.68. The molecule has 1 heterocycles. The van der Waals surface area contributed by atoms with E-state index in [1.807, 2.05) is 19.9 Å². The van der Waals surface area contributed by atoms with Crippen LogP contribution in [0.2, 0.25) is 0 Å². The number of ether oxygens (including phenoxy) is 5. The average molecular weight is 274 g/mol. The number of rotatable bonds is 10. The second-order valence-corrected chi connectivity index (χ2v) is 5.02. The highest BCUT2D eigenvalue weighted by molar-refractivity contribution is 4.79. The van der Waals surface area contributed by atoms with Crippen molar-refractivity contribution in [3.63, 3.8) is 0 Å². The van der Waals surface area contributed by atoms with Gasteiger partial charge in [-0.2, -0.15) is 0 Å². The highest BCUT2D eigenvalue weighted by Gasteiger charge is 2.33. The minimum absolute atomic E-state index is 0.0440. The molecule has 0 amide bonds. The normalized spacial score (nSPS) is 23.4. The van der Waals surface area contributed by atoms with Gasteiger partial charge >= 0.3 is 0 Å². The minimum atomic E-state index is -0.488. The van der Waals surface area contributed by atoms with E-state index in [2.05, 4.69) is 6.58 Å². The van der Waals surface area contributed by atoms with Crippen molar-refractivity contribution in [2.24, 2.45) is 0 Å². The van der Waals surface area contributed by atoms with Crippen molar-refractivity contribution >= 4 is 0 Å². The van der Waals surface area contributed by atoms with E-state index in [-0.39, 0.29) is 19.0 Å². The van der Waals surface area contributed by atoms with Gasteiger partial charge in [-0.25, -0.2) is 0 Å². The van der Waals surface area contributed by atoms with Crippen molar-refractivity contribution in [2.45, 2.75) is 44.7 Å². The standard InChI is InChI=1S/C14H26O5/c1-5-6-12(17-11-16-8-7-15-4)9-13-10-18-14(2,3)19-13/h5,12-13H,1,6-11H2,2-4H3/t12-,13+/m1/s1. The van der Waals surface area contributed by atoms with Crippen LogP contribution in [0.15, 0.2) is 12.7 Å². The van der Waals surface area contributed by atoms with Crippen LogP contribution in [0, 0.1) is 0 Å². The van der Waals surface area contributed by atoms with Gasteiger partial charge in [-0.15, -0.1) is 6.58 Å². The zero-order valence-corrected chi connectivity index (χ0v) is 12.2. The largest absolute Gasteiger partial charge is 0.382 e. The molecule has 1 rings (SSSR count). The van der Waals surface area contributed by atoms with E-state index in [1.54, 1.807) is 7.11 Å². The molecule has 0 N–H and O–H groups in total. The Balaban J connectivity index is 2.22. The molecule has 0 unspecified atom stereocenters. The maximum absolute atomic E-state index is 5.77. The first kappa shape index (κ1) is 16.6. The van der Waals surface area contributed by atoms with Gasteiger partial charge in [0.05, 0.1) is 32.0 Å². The van der Waals surface area contributed by atoms with Gasteiger partial charge < -0.3 is 23.7 Å². The summed E-state index contributed by atoms with van der Waals surface area (Å²) in [5, 5.41) is 0. The minimum Gasteiger partial charge on any atom is -0.382 e. The zero-order valence-electron chi connectivity index (χ0n) is 12.2. The Hall–Kier alpha value is -0.460. The summed E-state index contributed by atoms with van der Waals surface area (Å²) in [7, 11) is 1.64. The fourth-order valence-electron chi connectivity index (χ4n) is 1.94. The molecule has 0 aromatic rings. The van der Waals surface area contributed by atoms with Crippen molar-refractivity contribution in [3.8, 4) is 0 Å². The molecule has 0 spiro atoms. The molecule has 0 radical (unpaired) electrons. The third-order valence-electron chi connectivity index (χ3n) is 2.84. The Labute approximate surface area is 115 Å². The number of methoxy groups -OCH3 is 1. The lowest BCUT2D eigenvalue weighted by molar-refractivity contribution is -0.148. The maximum atomic E-state index is 5.77. The Bertz CT molecular complexity index is 254. The molecule has 0 aromatic heterocycles. The van der Waals surface area contributed by atoms with Gasteiger partial charge in [0, 0.05) is 13.5 Å². The van der Waals surface area contributed by atoms with Crippen molar-refractivity contribution in [2.75, 3.05) is 33.7 Å². The summed E-state index contributed by atoms with van der Waals surface area (Å²) in [6.45, 7) is 9.57. The molecule has 0 aromatic carbocycles. The van der Waals surface area contributed by atoms with E-state index >= 15 is 0 Å². The third-order valence-corrected chi connectivity index (χ3v) is 2.84. The summed E-state index contributed by atoms with van der Waals surface area (Å²) in [5.74, 6) is -0.488.